The summed E-state index contributed by atoms with van der Waals surface area (Å²) in [4.78, 5) is 17.1. The largest absolute Gasteiger partial charge is 0.507 e. The Morgan fingerprint density at radius 2 is 1.42 bits per heavy atom. The summed E-state index contributed by atoms with van der Waals surface area (Å²) in [6, 6.07) is 14.4. The molecule has 0 unspecified atom stereocenters. The van der Waals surface area contributed by atoms with Gasteiger partial charge in [-0.15, -0.1) is 0 Å². The second-order valence-electron chi connectivity index (χ2n) is 6.38. The molecule has 0 aromatic heterocycles. The number of aliphatic imine (C=N–C) groups is 1. The molecule has 0 fully saturated rings. The zero-order valence-corrected chi connectivity index (χ0v) is 14.8. The lowest BCUT2D eigenvalue weighted by atomic mass is 9.86. The molecule has 0 spiro atoms. The molecule has 0 saturated heterocycles. The van der Waals surface area contributed by atoms with Crippen LogP contribution in [0.4, 0.5) is 17.1 Å². The van der Waals surface area contributed by atoms with Crippen LogP contribution < -0.4 is 11.5 Å². The molecule has 0 aliphatic heterocycles. The Labute approximate surface area is 152 Å². The number of aliphatic hydroxyl groups is 1. The fraction of sp³-hybridized carbons (Fsp3) is 0.143. The molecule has 1 aliphatic rings. The molecule has 5 nitrogen and oxygen atoms in total. The van der Waals surface area contributed by atoms with Gasteiger partial charge >= 0.3 is 0 Å². The number of ketones is 1. The first-order valence-electron chi connectivity index (χ1n) is 8.30. The molecule has 0 amide bonds. The number of carbonyl (C=O) groups excluding carboxylic acids is 1. The molecular formula is C21H21N3O2. The molecule has 3 rings (SSSR count). The Balaban J connectivity index is 2.05. The topological polar surface area (TPSA) is 102 Å². The number of Topliss-reactive ketones (excluding diaryl/α,β-unsaturated/α-hetero) is 1. The SMILES string of the molecule is CC1=C(O)C(Cc2ccc(N)cc2)=C(C)C(=Nc2ccc(N)cc2)C1=O. The first kappa shape index (κ1) is 17.5. The number of hydrogen-bond acceptors (Lipinski definition) is 5. The normalized spacial score (nSPS) is 16.5. The van der Waals surface area contributed by atoms with Crippen molar-refractivity contribution < 1.29 is 9.90 Å². The van der Waals surface area contributed by atoms with Crippen molar-refractivity contribution in [1.29, 1.82) is 0 Å². The Bertz CT molecular complexity index is 950. The number of rotatable bonds is 3. The van der Waals surface area contributed by atoms with E-state index in [4.69, 9.17) is 11.5 Å². The van der Waals surface area contributed by atoms with E-state index in [-0.39, 0.29) is 11.5 Å². The van der Waals surface area contributed by atoms with Crippen LogP contribution in [0.3, 0.4) is 0 Å². The highest BCUT2D eigenvalue weighted by atomic mass is 16.3. The smallest absolute Gasteiger partial charge is 0.211 e. The number of benzene rings is 2. The van der Waals surface area contributed by atoms with Gasteiger partial charge in [0, 0.05) is 28.9 Å². The number of nitrogens with two attached hydrogens (primary N) is 2. The highest BCUT2D eigenvalue weighted by Crippen LogP contribution is 2.29. The third-order valence-electron chi connectivity index (χ3n) is 4.50. The van der Waals surface area contributed by atoms with Crippen LogP contribution in [0.2, 0.25) is 0 Å². The van der Waals surface area contributed by atoms with Gasteiger partial charge in [0.1, 0.15) is 11.5 Å². The van der Waals surface area contributed by atoms with Crippen LogP contribution >= 0.6 is 0 Å². The summed E-state index contributed by atoms with van der Waals surface area (Å²) in [6.07, 6.45) is 0.489. The second kappa shape index (κ2) is 6.88. The van der Waals surface area contributed by atoms with Crippen LogP contribution in [-0.4, -0.2) is 16.6 Å². The maximum absolute atomic E-state index is 12.6. The van der Waals surface area contributed by atoms with E-state index in [2.05, 4.69) is 4.99 Å². The fourth-order valence-corrected chi connectivity index (χ4v) is 2.87. The third-order valence-corrected chi connectivity index (χ3v) is 4.50. The highest BCUT2D eigenvalue weighted by molar-refractivity contribution is 6.52. The predicted molar refractivity (Wildman–Crippen MR) is 106 cm³/mol. The molecule has 0 atom stereocenters. The minimum absolute atomic E-state index is 0.0283. The Kier molecular flexibility index (Phi) is 4.63. The third kappa shape index (κ3) is 3.37. The molecule has 0 bridgehead atoms. The lowest BCUT2D eigenvalue weighted by Crippen LogP contribution is -2.25. The Morgan fingerprint density at radius 3 is 2.00 bits per heavy atom. The summed E-state index contributed by atoms with van der Waals surface area (Å²) in [6.45, 7) is 3.43. The number of nitrogens with zero attached hydrogens (tertiary/aromatic N) is 1. The van der Waals surface area contributed by atoms with Crippen LogP contribution in [0.5, 0.6) is 0 Å². The summed E-state index contributed by atoms with van der Waals surface area (Å²) in [5, 5.41) is 10.5. The predicted octanol–water partition coefficient (Wildman–Crippen LogP) is 3.90. The van der Waals surface area contributed by atoms with Gasteiger partial charge in [-0.2, -0.15) is 0 Å². The first-order valence-corrected chi connectivity index (χ1v) is 8.30. The van der Waals surface area contributed by atoms with Gasteiger partial charge in [-0.1, -0.05) is 12.1 Å². The van der Waals surface area contributed by atoms with Crippen molar-refractivity contribution in [1.82, 2.24) is 0 Å². The van der Waals surface area contributed by atoms with Crippen molar-refractivity contribution in [3.8, 4) is 0 Å². The van der Waals surface area contributed by atoms with Gasteiger partial charge in [0.05, 0.1) is 5.69 Å². The van der Waals surface area contributed by atoms with Crippen molar-refractivity contribution in [3.05, 3.63) is 76.6 Å². The number of allylic oxidation sites excluding steroid dienone is 3. The van der Waals surface area contributed by atoms with Gasteiger partial charge in [0.25, 0.3) is 0 Å². The van der Waals surface area contributed by atoms with Crippen molar-refractivity contribution in [2.24, 2.45) is 4.99 Å². The van der Waals surface area contributed by atoms with Crippen LogP contribution in [-0.2, 0) is 11.2 Å². The summed E-state index contributed by atoms with van der Waals surface area (Å²) >= 11 is 0. The van der Waals surface area contributed by atoms with Crippen molar-refractivity contribution in [3.63, 3.8) is 0 Å². The maximum Gasteiger partial charge on any atom is 0.211 e. The lowest BCUT2D eigenvalue weighted by Gasteiger charge is -2.20. The average Bonchev–Trinajstić information content (AvgIpc) is 2.64. The fourth-order valence-electron chi connectivity index (χ4n) is 2.87. The van der Waals surface area contributed by atoms with Crippen LogP contribution in [0.15, 0.2) is 76.0 Å². The zero-order chi connectivity index (χ0) is 18.8. The molecule has 2 aromatic carbocycles. The van der Waals surface area contributed by atoms with Crippen molar-refractivity contribution >= 4 is 28.6 Å². The van der Waals surface area contributed by atoms with Gasteiger partial charge < -0.3 is 16.6 Å². The number of nitrogen functional groups attached to an aromatic ring is 2. The van der Waals surface area contributed by atoms with Crippen LogP contribution in [0, 0.1) is 0 Å². The summed E-state index contributed by atoms with van der Waals surface area (Å²) in [5.41, 5.74) is 16.4. The molecule has 5 heteroatoms. The first-order chi connectivity index (χ1) is 12.4. The molecule has 5 N–H and O–H groups in total. The molecule has 2 aromatic rings. The molecule has 0 saturated carbocycles. The molecule has 26 heavy (non-hydrogen) atoms. The molecule has 0 radical (unpaired) electrons. The Morgan fingerprint density at radius 1 is 0.885 bits per heavy atom. The standard InChI is InChI=1S/C21H21N3O2/c1-12-18(11-14-3-5-15(22)6-4-14)20(25)13(2)21(26)19(12)24-17-9-7-16(23)8-10-17/h3-10,25H,11,22-23H2,1-2H3. The van der Waals surface area contributed by atoms with E-state index in [1.54, 1.807) is 31.2 Å². The molecule has 0 heterocycles. The maximum atomic E-state index is 12.6. The van der Waals surface area contributed by atoms with E-state index < -0.39 is 0 Å². The minimum atomic E-state index is -0.266. The van der Waals surface area contributed by atoms with Gasteiger partial charge in [0.2, 0.25) is 5.78 Å². The summed E-state index contributed by atoms with van der Waals surface area (Å²) in [7, 11) is 0. The molecule has 1 aliphatic carbocycles. The number of aliphatic hydroxyl groups excluding tert-OH is 1. The number of carbonyl (C=O) groups is 1. The Hall–Kier alpha value is -3.34. The van der Waals surface area contributed by atoms with Gasteiger partial charge in [-0.3, -0.25) is 4.79 Å². The van der Waals surface area contributed by atoms with Crippen molar-refractivity contribution in [2.75, 3.05) is 11.5 Å². The minimum Gasteiger partial charge on any atom is -0.507 e. The van der Waals surface area contributed by atoms with E-state index >= 15 is 0 Å². The van der Waals surface area contributed by atoms with E-state index in [0.717, 1.165) is 5.56 Å². The lowest BCUT2D eigenvalue weighted by molar-refractivity contribution is -0.109. The monoisotopic (exact) mass is 347 g/mol. The number of anilines is 2. The summed E-state index contributed by atoms with van der Waals surface area (Å²) in [5.74, 6) is -0.238. The second-order valence-corrected chi connectivity index (χ2v) is 6.38. The van der Waals surface area contributed by atoms with E-state index in [9.17, 15) is 9.90 Å². The molecular weight excluding hydrogens is 326 g/mol. The highest BCUT2D eigenvalue weighted by Gasteiger charge is 2.28. The van der Waals surface area contributed by atoms with Gasteiger partial charge in [-0.25, -0.2) is 4.99 Å². The van der Waals surface area contributed by atoms with E-state index in [0.29, 0.717) is 45.9 Å². The number of hydrogen-bond donors (Lipinski definition) is 3. The van der Waals surface area contributed by atoms with Crippen LogP contribution in [0.1, 0.15) is 19.4 Å². The zero-order valence-electron chi connectivity index (χ0n) is 14.8. The average molecular weight is 347 g/mol. The van der Waals surface area contributed by atoms with Crippen molar-refractivity contribution in [2.45, 2.75) is 20.3 Å². The van der Waals surface area contributed by atoms with E-state index in [1.165, 1.54) is 0 Å². The summed E-state index contributed by atoms with van der Waals surface area (Å²) < 4.78 is 0. The molecule has 132 valence electrons. The van der Waals surface area contributed by atoms with Gasteiger partial charge in [0.15, 0.2) is 0 Å². The van der Waals surface area contributed by atoms with E-state index in [1.807, 2.05) is 31.2 Å². The van der Waals surface area contributed by atoms with Crippen LogP contribution in [0.25, 0.3) is 0 Å². The quantitative estimate of drug-likeness (QED) is 0.579. The van der Waals surface area contributed by atoms with Gasteiger partial charge in [-0.05, 0) is 61.4 Å².